The first-order valence-corrected chi connectivity index (χ1v) is 6.67. The number of carbonyl (C=O) groups is 2. The molecule has 0 spiro atoms. The van der Waals surface area contributed by atoms with Gasteiger partial charge in [0, 0.05) is 18.1 Å². The summed E-state index contributed by atoms with van der Waals surface area (Å²) in [6.45, 7) is 2.24. The Morgan fingerprint density at radius 3 is 2.63 bits per heavy atom. The van der Waals surface area contributed by atoms with E-state index in [1.165, 1.54) is 4.90 Å². The van der Waals surface area contributed by atoms with Crippen LogP contribution in [0.15, 0.2) is 28.7 Å². The molecule has 0 radical (unpaired) electrons. The first-order valence-electron chi connectivity index (χ1n) is 5.88. The van der Waals surface area contributed by atoms with Gasteiger partial charge in [0.1, 0.15) is 0 Å². The van der Waals surface area contributed by atoms with Crippen LogP contribution < -0.4 is 5.73 Å². The topological polar surface area (TPSA) is 72.6 Å². The number of esters is 1. The molecule has 2 N–H and O–H groups in total. The van der Waals surface area contributed by atoms with Gasteiger partial charge < -0.3 is 15.4 Å². The van der Waals surface area contributed by atoms with Gasteiger partial charge in [0.15, 0.2) is 6.04 Å². The van der Waals surface area contributed by atoms with E-state index in [9.17, 15) is 9.59 Å². The molecule has 1 unspecified atom stereocenters. The number of benzene rings is 1. The second kappa shape index (κ2) is 7.25. The molecule has 0 aliphatic carbocycles. The van der Waals surface area contributed by atoms with E-state index in [-0.39, 0.29) is 6.61 Å². The average molecular weight is 329 g/mol. The van der Waals surface area contributed by atoms with Gasteiger partial charge in [-0.15, -0.1) is 0 Å². The number of nitrogens with zero attached hydrogens (tertiary/aromatic N) is 1. The fourth-order valence-electron chi connectivity index (χ4n) is 1.53. The fourth-order valence-corrected chi connectivity index (χ4v) is 1.94. The minimum Gasteiger partial charge on any atom is -0.464 e. The molecule has 104 valence electrons. The van der Waals surface area contributed by atoms with Crippen LogP contribution in [0, 0.1) is 0 Å². The standard InChI is InChI=1S/C13H17BrN2O3/c1-3-19-13(18)11(15)12(17)16(2)8-9-6-4-5-7-10(9)14/h4-7,11H,3,8,15H2,1-2H3. The van der Waals surface area contributed by atoms with Crippen LogP contribution >= 0.6 is 15.9 Å². The zero-order chi connectivity index (χ0) is 14.4. The highest BCUT2D eigenvalue weighted by atomic mass is 79.9. The van der Waals surface area contributed by atoms with Crippen LogP contribution in [-0.4, -0.2) is 36.5 Å². The van der Waals surface area contributed by atoms with Crippen molar-refractivity contribution < 1.29 is 14.3 Å². The highest BCUT2D eigenvalue weighted by Crippen LogP contribution is 2.17. The molecule has 0 aromatic heterocycles. The van der Waals surface area contributed by atoms with Crippen LogP contribution in [0.2, 0.25) is 0 Å². The number of halogens is 1. The summed E-state index contributed by atoms with van der Waals surface area (Å²) in [4.78, 5) is 24.8. The predicted molar refractivity (Wildman–Crippen MR) is 75.2 cm³/mol. The van der Waals surface area contributed by atoms with Crippen LogP contribution in [-0.2, 0) is 20.9 Å². The minimum absolute atomic E-state index is 0.202. The van der Waals surface area contributed by atoms with Gasteiger partial charge >= 0.3 is 5.97 Å². The minimum atomic E-state index is -1.27. The van der Waals surface area contributed by atoms with E-state index in [2.05, 4.69) is 15.9 Å². The summed E-state index contributed by atoms with van der Waals surface area (Å²) in [7, 11) is 1.60. The van der Waals surface area contributed by atoms with Crippen LogP contribution in [0.1, 0.15) is 12.5 Å². The molecule has 1 rings (SSSR count). The van der Waals surface area contributed by atoms with Crippen LogP contribution in [0.5, 0.6) is 0 Å². The molecule has 5 nitrogen and oxygen atoms in total. The van der Waals surface area contributed by atoms with E-state index in [4.69, 9.17) is 10.5 Å². The molecule has 1 aromatic rings. The first-order chi connectivity index (χ1) is 8.97. The maximum atomic E-state index is 12.0. The molecule has 0 fully saturated rings. The summed E-state index contributed by atoms with van der Waals surface area (Å²) in [6.07, 6.45) is 0. The van der Waals surface area contributed by atoms with Crippen molar-refractivity contribution in [2.45, 2.75) is 19.5 Å². The van der Waals surface area contributed by atoms with Crippen LogP contribution in [0.25, 0.3) is 0 Å². The number of ether oxygens (including phenoxy) is 1. The number of hydrogen-bond acceptors (Lipinski definition) is 4. The Labute approximate surface area is 120 Å². The molecule has 0 saturated carbocycles. The van der Waals surface area contributed by atoms with Gasteiger partial charge in [-0.2, -0.15) is 0 Å². The second-order valence-electron chi connectivity index (χ2n) is 4.02. The van der Waals surface area contributed by atoms with E-state index >= 15 is 0 Å². The van der Waals surface area contributed by atoms with Gasteiger partial charge in [-0.25, -0.2) is 4.79 Å². The number of likely N-dealkylation sites (N-methyl/N-ethyl adjacent to an activating group) is 1. The first kappa shape index (κ1) is 15.7. The normalized spacial score (nSPS) is 11.8. The number of carbonyl (C=O) groups excluding carboxylic acids is 2. The van der Waals surface area contributed by atoms with Crippen molar-refractivity contribution in [2.24, 2.45) is 5.73 Å². The second-order valence-corrected chi connectivity index (χ2v) is 4.87. The summed E-state index contributed by atoms with van der Waals surface area (Å²) in [5.74, 6) is -1.17. The lowest BCUT2D eigenvalue weighted by molar-refractivity contribution is -0.150. The summed E-state index contributed by atoms with van der Waals surface area (Å²) >= 11 is 3.40. The highest BCUT2D eigenvalue weighted by Gasteiger charge is 2.26. The van der Waals surface area contributed by atoms with Crippen LogP contribution in [0.4, 0.5) is 0 Å². The van der Waals surface area contributed by atoms with Crippen molar-refractivity contribution in [3.63, 3.8) is 0 Å². The number of rotatable bonds is 5. The fraction of sp³-hybridized carbons (Fsp3) is 0.385. The van der Waals surface area contributed by atoms with Crippen molar-refractivity contribution in [3.05, 3.63) is 34.3 Å². The van der Waals surface area contributed by atoms with E-state index in [0.717, 1.165) is 10.0 Å². The van der Waals surface area contributed by atoms with E-state index < -0.39 is 17.9 Å². The number of nitrogens with two attached hydrogens (primary N) is 1. The Hall–Kier alpha value is -1.40. The highest BCUT2D eigenvalue weighted by molar-refractivity contribution is 9.10. The molecule has 1 amide bonds. The van der Waals surface area contributed by atoms with Gasteiger partial charge in [-0.05, 0) is 18.6 Å². The zero-order valence-corrected chi connectivity index (χ0v) is 12.5. The van der Waals surface area contributed by atoms with E-state index in [1.807, 2.05) is 24.3 Å². The molecule has 0 aliphatic rings. The Balaban J connectivity index is 2.68. The summed E-state index contributed by atoms with van der Waals surface area (Å²) in [6, 6.07) is 6.28. The molecule has 0 aliphatic heterocycles. The Morgan fingerprint density at radius 1 is 1.42 bits per heavy atom. The molecular formula is C13H17BrN2O3. The van der Waals surface area contributed by atoms with E-state index in [0.29, 0.717) is 6.54 Å². The van der Waals surface area contributed by atoms with Gasteiger partial charge in [0.2, 0.25) is 0 Å². The van der Waals surface area contributed by atoms with Gasteiger partial charge in [-0.3, -0.25) is 4.79 Å². The largest absolute Gasteiger partial charge is 0.464 e. The summed E-state index contributed by atoms with van der Waals surface area (Å²) in [5, 5.41) is 0. The Kier molecular flexibility index (Phi) is 5.98. The predicted octanol–water partition coefficient (Wildman–Crippen LogP) is 1.30. The van der Waals surface area contributed by atoms with Gasteiger partial charge in [0.05, 0.1) is 6.61 Å². The lowest BCUT2D eigenvalue weighted by atomic mass is 10.2. The van der Waals surface area contributed by atoms with Gasteiger partial charge in [-0.1, -0.05) is 34.1 Å². The third-order valence-corrected chi connectivity index (χ3v) is 3.32. The summed E-state index contributed by atoms with van der Waals surface area (Å²) in [5.41, 5.74) is 6.50. The van der Waals surface area contributed by atoms with Gasteiger partial charge in [0.25, 0.3) is 5.91 Å². The monoisotopic (exact) mass is 328 g/mol. The molecule has 1 aromatic carbocycles. The third kappa shape index (κ3) is 4.33. The smallest absolute Gasteiger partial charge is 0.332 e. The SMILES string of the molecule is CCOC(=O)C(N)C(=O)N(C)Cc1ccccc1Br. The quantitative estimate of drug-likeness (QED) is 0.653. The Bertz CT molecular complexity index is 465. The molecule has 1 atom stereocenters. The van der Waals surface area contributed by atoms with Crippen molar-refractivity contribution in [3.8, 4) is 0 Å². The molecule has 19 heavy (non-hydrogen) atoms. The lowest BCUT2D eigenvalue weighted by Crippen LogP contribution is -2.47. The average Bonchev–Trinajstić information content (AvgIpc) is 2.39. The number of hydrogen-bond donors (Lipinski definition) is 1. The summed E-state index contributed by atoms with van der Waals surface area (Å²) < 4.78 is 5.63. The Morgan fingerprint density at radius 2 is 2.05 bits per heavy atom. The van der Waals surface area contributed by atoms with E-state index in [1.54, 1.807) is 14.0 Å². The van der Waals surface area contributed by atoms with Crippen molar-refractivity contribution in [1.29, 1.82) is 0 Å². The lowest BCUT2D eigenvalue weighted by Gasteiger charge is -2.21. The molecule has 0 heterocycles. The van der Waals surface area contributed by atoms with Crippen molar-refractivity contribution >= 4 is 27.8 Å². The molecule has 6 heteroatoms. The maximum absolute atomic E-state index is 12.0. The van der Waals surface area contributed by atoms with Crippen LogP contribution in [0.3, 0.4) is 0 Å². The molecule has 0 saturated heterocycles. The van der Waals surface area contributed by atoms with Crippen molar-refractivity contribution in [2.75, 3.05) is 13.7 Å². The molecule has 0 bridgehead atoms. The maximum Gasteiger partial charge on any atom is 0.332 e. The number of amides is 1. The van der Waals surface area contributed by atoms with Crippen molar-refractivity contribution in [1.82, 2.24) is 4.90 Å². The zero-order valence-electron chi connectivity index (χ0n) is 10.9. The molecular weight excluding hydrogens is 312 g/mol. The third-order valence-electron chi connectivity index (χ3n) is 2.55.